The molecule has 162 valence electrons. The Hall–Kier alpha value is -2.73. The van der Waals surface area contributed by atoms with E-state index in [-0.39, 0.29) is 0 Å². The fourth-order valence-electron chi connectivity index (χ4n) is 3.03. The first-order valence-corrected chi connectivity index (χ1v) is 10.4. The van der Waals surface area contributed by atoms with E-state index in [1.54, 1.807) is 36.7 Å². The molecule has 0 amide bonds. The minimum atomic E-state index is -1.49. The van der Waals surface area contributed by atoms with E-state index in [0.717, 1.165) is 17.0 Å². The summed E-state index contributed by atoms with van der Waals surface area (Å²) in [5, 5.41) is 41.5. The molecule has 10 heteroatoms. The third kappa shape index (κ3) is 4.96. The van der Waals surface area contributed by atoms with Gasteiger partial charge in [-0.15, -0.1) is 11.3 Å². The van der Waals surface area contributed by atoms with E-state index in [1.165, 1.54) is 11.3 Å². The van der Waals surface area contributed by atoms with Crippen LogP contribution in [0.1, 0.15) is 5.69 Å². The quantitative estimate of drug-likeness (QED) is 0.416. The first kappa shape index (κ1) is 21.5. The molecule has 0 saturated carbocycles. The highest BCUT2D eigenvalue weighted by Crippen LogP contribution is 2.29. The zero-order chi connectivity index (χ0) is 21.8. The van der Waals surface area contributed by atoms with Crippen molar-refractivity contribution in [2.24, 2.45) is 4.99 Å². The van der Waals surface area contributed by atoms with Gasteiger partial charge < -0.3 is 29.9 Å². The maximum Gasteiger partial charge on any atom is 0.229 e. The molecule has 0 spiro atoms. The highest BCUT2D eigenvalue weighted by Gasteiger charge is 2.44. The van der Waals surface area contributed by atoms with Crippen LogP contribution >= 0.6 is 11.3 Å². The number of ether oxygens (including phenoxy) is 2. The average molecular weight is 443 g/mol. The lowest BCUT2D eigenvalue weighted by atomic mass is 9.99. The highest BCUT2D eigenvalue weighted by molar-refractivity contribution is 7.13. The summed E-state index contributed by atoms with van der Waals surface area (Å²) >= 11 is 1.40. The zero-order valence-corrected chi connectivity index (χ0v) is 17.0. The van der Waals surface area contributed by atoms with Crippen LogP contribution in [0.5, 0.6) is 5.75 Å². The van der Waals surface area contributed by atoms with Gasteiger partial charge in [0.05, 0.1) is 24.2 Å². The van der Waals surface area contributed by atoms with Crippen LogP contribution in [0.25, 0.3) is 11.3 Å². The molecule has 4 N–H and O–H groups in total. The summed E-state index contributed by atoms with van der Waals surface area (Å²) in [5.74, 6) is 0.386. The van der Waals surface area contributed by atoms with Gasteiger partial charge in [-0.05, 0) is 36.4 Å². The van der Waals surface area contributed by atoms with E-state index in [1.807, 2.05) is 23.6 Å². The van der Waals surface area contributed by atoms with Crippen LogP contribution in [0.2, 0.25) is 0 Å². The van der Waals surface area contributed by atoms with Crippen LogP contribution in [0.15, 0.2) is 59.0 Å². The van der Waals surface area contributed by atoms with E-state index >= 15 is 0 Å². The molecule has 1 saturated heterocycles. The van der Waals surface area contributed by atoms with Crippen molar-refractivity contribution in [1.82, 2.24) is 9.97 Å². The number of rotatable bonds is 6. The summed E-state index contributed by atoms with van der Waals surface area (Å²) in [4.78, 5) is 13.0. The molecule has 0 aliphatic carbocycles. The predicted molar refractivity (Wildman–Crippen MR) is 113 cm³/mol. The van der Waals surface area contributed by atoms with Crippen LogP contribution in [0, 0.1) is 0 Å². The molecule has 3 aromatic rings. The van der Waals surface area contributed by atoms with Gasteiger partial charge in [-0.1, -0.05) is 6.07 Å². The maximum atomic E-state index is 10.1. The molecule has 5 atom stereocenters. The Morgan fingerprint density at radius 3 is 2.58 bits per heavy atom. The second-order valence-corrected chi connectivity index (χ2v) is 7.70. The SMILES string of the molecule is OC[C@H]1O[C@@H](Oc2ccc(-c3csc(/N=C/c4ccccn4)n3)cc2)[C@H](O)[C@@H](O)[C@@H]1O. The Morgan fingerprint density at radius 2 is 1.87 bits per heavy atom. The second kappa shape index (κ2) is 9.60. The predicted octanol–water partition coefficient (Wildman–Crippen LogP) is 1.13. The van der Waals surface area contributed by atoms with Crippen molar-refractivity contribution < 1.29 is 29.9 Å². The molecule has 1 fully saturated rings. The van der Waals surface area contributed by atoms with Crippen molar-refractivity contribution >= 4 is 22.7 Å². The van der Waals surface area contributed by atoms with E-state index in [0.29, 0.717) is 10.9 Å². The monoisotopic (exact) mass is 443 g/mol. The Morgan fingerprint density at radius 1 is 1.06 bits per heavy atom. The second-order valence-electron chi connectivity index (χ2n) is 6.87. The first-order chi connectivity index (χ1) is 15.0. The lowest BCUT2D eigenvalue weighted by Crippen LogP contribution is -2.60. The number of thiazole rings is 1. The lowest BCUT2D eigenvalue weighted by Gasteiger charge is -2.39. The molecule has 1 aliphatic heterocycles. The van der Waals surface area contributed by atoms with Gasteiger partial charge in [0.25, 0.3) is 0 Å². The molecule has 31 heavy (non-hydrogen) atoms. The number of nitrogens with zero attached hydrogens (tertiary/aromatic N) is 3. The topological polar surface area (TPSA) is 138 Å². The first-order valence-electron chi connectivity index (χ1n) is 9.53. The van der Waals surface area contributed by atoms with Crippen molar-refractivity contribution in [3.05, 3.63) is 59.7 Å². The fourth-order valence-corrected chi connectivity index (χ4v) is 3.70. The number of hydrogen-bond acceptors (Lipinski definition) is 10. The normalized spacial score (nSPS) is 26.3. The Balaban J connectivity index is 1.42. The molecular formula is C21H21N3O6S. The van der Waals surface area contributed by atoms with Gasteiger partial charge >= 0.3 is 0 Å². The molecule has 0 bridgehead atoms. The minimum Gasteiger partial charge on any atom is -0.462 e. The van der Waals surface area contributed by atoms with Crippen LogP contribution in [-0.4, -0.2) is 73.9 Å². The minimum absolute atomic E-state index is 0.386. The molecule has 0 unspecified atom stereocenters. The van der Waals surface area contributed by atoms with Crippen LogP contribution in [-0.2, 0) is 4.74 Å². The third-order valence-corrected chi connectivity index (χ3v) is 5.49. The van der Waals surface area contributed by atoms with Gasteiger partial charge in [0.2, 0.25) is 11.4 Å². The lowest BCUT2D eigenvalue weighted by molar-refractivity contribution is -0.277. The Kier molecular flexibility index (Phi) is 6.66. The standard InChI is InChI=1S/C21H21N3O6S/c25-10-16-17(26)18(27)19(28)20(30-16)29-14-6-4-12(5-7-14)15-11-31-21(24-15)23-9-13-3-1-2-8-22-13/h1-9,11,16-20,25-28H,10H2/b23-9+/t16-,17-,18+,19-,20-/m1/s1. The molecule has 1 aliphatic rings. The van der Waals surface area contributed by atoms with Gasteiger partial charge in [0, 0.05) is 17.1 Å². The molecule has 1 aromatic carbocycles. The third-order valence-electron chi connectivity index (χ3n) is 4.74. The van der Waals surface area contributed by atoms with Gasteiger partial charge in [-0.3, -0.25) is 4.98 Å². The largest absolute Gasteiger partial charge is 0.462 e. The summed E-state index contributed by atoms with van der Waals surface area (Å²) in [6.45, 7) is -0.515. The van der Waals surface area contributed by atoms with Crippen molar-refractivity contribution in [1.29, 1.82) is 0 Å². The Labute approximate surface area is 181 Å². The summed E-state index contributed by atoms with van der Waals surface area (Å²) in [7, 11) is 0. The number of aliphatic hydroxyl groups is 4. The van der Waals surface area contributed by atoms with Crippen molar-refractivity contribution in [3.8, 4) is 17.0 Å². The van der Waals surface area contributed by atoms with E-state index < -0.39 is 37.3 Å². The molecule has 2 aromatic heterocycles. The molecule has 4 rings (SSSR count). The maximum absolute atomic E-state index is 10.1. The molecule has 9 nitrogen and oxygen atoms in total. The van der Waals surface area contributed by atoms with E-state index in [4.69, 9.17) is 9.47 Å². The Bertz CT molecular complexity index is 1010. The zero-order valence-electron chi connectivity index (χ0n) is 16.2. The van der Waals surface area contributed by atoms with Gasteiger partial charge in [-0.25, -0.2) is 9.98 Å². The summed E-state index contributed by atoms with van der Waals surface area (Å²) in [6.07, 6.45) is -3.29. The summed E-state index contributed by atoms with van der Waals surface area (Å²) in [5.41, 5.74) is 2.34. The average Bonchev–Trinajstić information content (AvgIpc) is 3.28. The van der Waals surface area contributed by atoms with Crippen LogP contribution < -0.4 is 4.74 Å². The number of aliphatic hydroxyl groups excluding tert-OH is 4. The van der Waals surface area contributed by atoms with Crippen molar-refractivity contribution in [2.75, 3.05) is 6.61 Å². The van der Waals surface area contributed by atoms with Gasteiger partial charge in [0.1, 0.15) is 30.2 Å². The summed E-state index contributed by atoms with van der Waals surface area (Å²) in [6, 6.07) is 12.5. The number of pyridine rings is 1. The van der Waals surface area contributed by atoms with Crippen molar-refractivity contribution in [3.63, 3.8) is 0 Å². The number of benzene rings is 1. The number of hydrogen-bond donors (Lipinski definition) is 4. The fraction of sp³-hybridized carbons (Fsp3) is 0.286. The number of aromatic nitrogens is 2. The highest BCUT2D eigenvalue weighted by atomic mass is 32.1. The van der Waals surface area contributed by atoms with Gasteiger partial charge in [-0.2, -0.15) is 0 Å². The molecule has 0 radical (unpaired) electrons. The molecule has 3 heterocycles. The van der Waals surface area contributed by atoms with E-state index in [9.17, 15) is 20.4 Å². The van der Waals surface area contributed by atoms with Crippen LogP contribution in [0.4, 0.5) is 5.13 Å². The van der Waals surface area contributed by atoms with Crippen molar-refractivity contribution in [2.45, 2.75) is 30.7 Å². The summed E-state index contributed by atoms with van der Waals surface area (Å²) < 4.78 is 11.0. The van der Waals surface area contributed by atoms with E-state index in [2.05, 4.69) is 15.0 Å². The number of aliphatic imine (C=N–C) groups is 1. The van der Waals surface area contributed by atoms with Crippen LogP contribution in [0.3, 0.4) is 0 Å². The molecular weight excluding hydrogens is 422 g/mol. The smallest absolute Gasteiger partial charge is 0.229 e. The van der Waals surface area contributed by atoms with Gasteiger partial charge in [0.15, 0.2) is 0 Å².